The number of carbonyl (C=O) groups excluding carboxylic acids is 1. The van der Waals surface area contributed by atoms with E-state index in [1.165, 1.54) is 6.92 Å². The fourth-order valence-electron chi connectivity index (χ4n) is 2.34. The molecule has 0 fully saturated rings. The van der Waals surface area contributed by atoms with Gasteiger partial charge in [-0.15, -0.1) is 0 Å². The number of carbonyl (C=O) groups is 2. The number of nitrogens with zero attached hydrogens (tertiary/aromatic N) is 1. The van der Waals surface area contributed by atoms with Crippen LogP contribution < -0.4 is 0 Å². The molecule has 1 N–H and O–H groups in total. The largest absolute Gasteiger partial charge is 0.476 e. The third-order valence-corrected chi connectivity index (χ3v) is 3.33. The topological polar surface area (TPSA) is 80.4 Å². The van der Waals surface area contributed by atoms with Gasteiger partial charge in [-0.05, 0) is 17.7 Å². The molecule has 0 aliphatic carbocycles. The van der Waals surface area contributed by atoms with E-state index in [4.69, 9.17) is 9.63 Å². The molecule has 104 valence electrons. The molecule has 0 atom stereocenters. The summed E-state index contributed by atoms with van der Waals surface area (Å²) in [5.41, 5.74) is 0.0752. The van der Waals surface area contributed by atoms with Gasteiger partial charge in [0, 0.05) is 5.56 Å². The minimum Gasteiger partial charge on any atom is -0.476 e. The molecular formula is C16H11NO4. The lowest BCUT2D eigenvalue weighted by molar-refractivity contribution is 0.0682. The summed E-state index contributed by atoms with van der Waals surface area (Å²) in [6, 6.07) is 12.8. The van der Waals surface area contributed by atoms with Crippen molar-refractivity contribution >= 4 is 22.5 Å². The summed E-state index contributed by atoms with van der Waals surface area (Å²) in [7, 11) is 0. The molecule has 0 bridgehead atoms. The molecule has 0 saturated carbocycles. The van der Waals surface area contributed by atoms with E-state index >= 15 is 0 Å². The van der Waals surface area contributed by atoms with E-state index in [9.17, 15) is 9.59 Å². The summed E-state index contributed by atoms with van der Waals surface area (Å²) in [6.07, 6.45) is 0. The number of carboxylic acids is 1. The number of carboxylic acid groups (broad SMARTS) is 1. The minimum atomic E-state index is -1.28. The number of hydrogen-bond acceptors (Lipinski definition) is 4. The maximum Gasteiger partial charge on any atom is 0.358 e. The smallest absolute Gasteiger partial charge is 0.358 e. The number of fused-ring (bicyclic) bond motifs is 1. The predicted molar refractivity (Wildman–Crippen MR) is 75.6 cm³/mol. The summed E-state index contributed by atoms with van der Waals surface area (Å²) >= 11 is 0. The molecule has 0 amide bonds. The monoisotopic (exact) mass is 281 g/mol. The average molecular weight is 281 g/mol. The summed E-state index contributed by atoms with van der Waals surface area (Å²) in [4.78, 5) is 23.9. The lowest BCUT2D eigenvalue weighted by atomic mass is 9.96. The number of aromatic nitrogens is 1. The van der Waals surface area contributed by atoms with E-state index in [0.717, 1.165) is 10.8 Å². The Morgan fingerprint density at radius 2 is 1.81 bits per heavy atom. The number of ketones is 1. The van der Waals surface area contributed by atoms with Crippen LogP contribution in [0.2, 0.25) is 0 Å². The van der Waals surface area contributed by atoms with E-state index < -0.39 is 11.8 Å². The molecule has 0 spiro atoms. The Bertz CT molecular complexity index is 858. The van der Waals surface area contributed by atoms with E-state index in [0.29, 0.717) is 5.56 Å². The molecule has 3 rings (SSSR count). The molecular weight excluding hydrogens is 270 g/mol. The van der Waals surface area contributed by atoms with Crippen LogP contribution in [0.5, 0.6) is 0 Å². The quantitative estimate of drug-likeness (QED) is 0.746. The second-order valence-electron chi connectivity index (χ2n) is 4.62. The van der Waals surface area contributed by atoms with Crippen molar-refractivity contribution in [2.75, 3.05) is 0 Å². The SMILES string of the molecule is Cc1onc(C(=O)O)c1C(=O)c1cccc2ccccc12. The van der Waals surface area contributed by atoms with Gasteiger partial charge in [-0.2, -0.15) is 0 Å². The van der Waals surface area contributed by atoms with Crippen LogP contribution in [-0.4, -0.2) is 22.0 Å². The lowest BCUT2D eigenvalue weighted by Crippen LogP contribution is -2.10. The van der Waals surface area contributed by atoms with Crippen molar-refractivity contribution in [3.05, 3.63) is 65.0 Å². The summed E-state index contributed by atoms with van der Waals surface area (Å²) in [5, 5.41) is 14.2. The molecule has 3 aromatic rings. The fourth-order valence-corrected chi connectivity index (χ4v) is 2.34. The van der Waals surface area contributed by atoms with E-state index in [1.54, 1.807) is 12.1 Å². The van der Waals surface area contributed by atoms with Gasteiger partial charge in [-0.3, -0.25) is 4.79 Å². The highest BCUT2D eigenvalue weighted by Crippen LogP contribution is 2.24. The Balaban J connectivity index is 2.22. The number of aryl methyl sites for hydroxylation is 1. The first-order chi connectivity index (χ1) is 10.1. The third kappa shape index (κ3) is 2.08. The van der Waals surface area contributed by atoms with Crippen LogP contribution in [0.15, 0.2) is 47.0 Å². The Hall–Kier alpha value is -2.95. The zero-order chi connectivity index (χ0) is 15.0. The van der Waals surface area contributed by atoms with Crippen molar-refractivity contribution in [2.24, 2.45) is 0 Å². The van der Waals surface area contributed by atoms with E-state index in [-0.39, 0.29) is 17.0 Å². The average Bonchev–Trinajstić information content (AvgIpc) is 2.88. The number of rotatable bonds is 3. The van der Waals surface area contributed by atoms with E-state index in [1.807, 2.05) is 30.3 Å². The van der Waals surface area contributed by atoms with Crippen molar-refractivity contribution < 1.29 is 19.2 Å². The first kappa shape index (κ1) is 13.1. The van der Waals surface area contributed by atoms with Gasteiger partial charge >= 0.3 is 5.97 Å². The van der Waals surface area contributed by atoms with Crippen molar-refractivity contribution in [3.63, 3.8) is 0 Å². The van der Waals surface area contributed by atoms with Crippen LogP contribution >= 0.6 is 0 Å². The molecule has 0 aliphatic rings. The highest BCUT2D eigenvalue weighted by atomic mass is 16.5. The molecule has 5 nitrogen and oxygen atoms in total. The fraction of sp³-hybridized carbons (Fsp3) is 0.0625. The highest BCUT2D eigenvalue weighted by Gasteiger charge is 2.26. The van der Waals surface area contributed by atoms with Gasteiger partial charge in [-0.1, -0.05) is 47.6 Å². The van der Waals surface area contributed by atoms with Gasteiger partial charge in [-0.25, -0.2) is 4.79 Å². The van der Waals surface area contributed by atoms with Crippen molar-refractivity contribution in [1.82, 2.24) is 5.16 Å². The Kier molecular flexibility index (Phi) is 3.02. The number of benzene rings is 2. The molecule has 0 radical (unpaired) electrons. The molecule has 5 heteroatoms. The Labute approximate surface area is 119 Å². The Morgan fingerprint density at radius 3 is 2.57 bits per heavy atom. The maximum absolute atomic E-state index is 12.7. The first-order valence-corrected chi connectivity index (χ1v) is 6.31. The highest BCUT2D eigenvalue weighted by molar-refractivity contribution is 6.19. The molecule has 0 unspecified atom stereocenters. The summed E-state index contributed by atoms with van der Waals surface area (Å²) < 4.78 is 4.86. The lowest BCUT2D eigenvalue weighted by Gasteiger charge is -2.05. The third-order valence-electron chi connectivity index (χ3n) is 3.33. The molecule has 2 aromatic carbocycles. The maximum atomic E-state index is 12.7. The summed E-state index contributed by atoms with van der Waals surface area (Å²) in [5.74, 6) is -1.48. The second-order valence-corrected chi connectivity index (χ2v) is 4.62. The van der Waals surface area contributed by atoms with E-state index in [2.05, 4.69) is 5.16 Å². The van der Waals surface area contributed by atoms with Crippen molar-refractivity contribution in [2.45, 2.75) is 6.92 Å². The Morgan fingerprint density at radius 1 is 1.10 bits per heavy atom. The number of aromatic carboxylic acids is 1. The van der Waals surface area contributed by atoms with Crippen molar-refractivity contribution in [3.8, 4) is 0 Å². The van der Waals surface area contributed by atoms with Gasteiger partial charge < -0.3 is 9.63 Å². The van der Waals surface area contributed by atoms with Crippen molar-refractivity contribution in [1.29, 1.82) is 0 Å². The van der Waals surface area contributed by atoms with Gasteiger partial charge in [0.15, 0.2) is 5.78 Å². The van der Waals surface area contributed by atoms with Gasteiger partial charge in [0.05, 0.1) is 5.56 Å². The molecule has 1 aromatic heterocycles. The zero-order valence-electron chi connectivity index (χ0n) is 11.2. The standard InChI is InChI=1S/C16H11NO4/c1-9-13(14(16(19)20)17-21-9)15(18)12-8-4-6-10-5-2-3-7-11(10)12/h2-8H,1H3,(H,19,20). The second kappa shape index (κ2) is 4.86. The van der Waals surface area contributed by atoms with Crippen LogP contribution in [-0.2, 0) is 0 Å². The van der Waals surface area contributed by atoms with Crippen LogP contribution in [0.1, 0.15) is 32.2 Å². The number of hydrogen-bond donors (Lipinski definition) is 1. The van der Waals surface area contributed by atoms with Crippen LogP contribution in [0.4, 0.5) is 0 Å². The van der Waals surface area contributed by atoms with Crippen LogP contribution in [0, 0.1) is 6.92 Å². The predicted octanol–water partition coefficient (Wildman–Crippen LogP) is 3.07. The van der Waals surface area contributed by atoms with Crippen LogP contribution in [0.3, 0.4) is 0 Å². The van der Waals surface area contributed by atoms with Gasteiger partial charge in [0.2, 0.25) is 5.69 Å². The van der Waals surface area contributed by atoms with Crippen LogP contribution in [0.25, 0.3) is 10.8 Å². The minimum absolute atomic E-state index is 0.00106. The van der Waals surface area contributed by atoms with Gasteiger partial charge in [0.1, 0.15) is 5.76 Å². The molecule has 0 aliphatic heterocycles. The summed E-state index contributed by atoms with van der Waals surface area (Å²) in [6.45, 7) is 1.53. The van der Waals surface area contributed by atoms with Gasteiger partial charge in [0.25, 0.3) is 0 Å². The first-order valence-electron chi connectivity index (χ1n) is 6.31. The molecule has 0 saturated heterocycles. The molecule has 21 heavy (non-hydrogen) atoms. The normalized spacial score (nSPS) is 10.7. The zero-order valence-corrected chi connectivity index (χ0v) is 11.2. The molecule has 1 heterocycles.